The molecule has 0 aliphatic heterocycles. The second-order valence-electron chi connectivity index (χ2n) is 4.81. The Morgan fingerprint density at radius 1 is 1.00 bits per heavy atom. The predicted molar refractivity (Wildman–Crippen MR) is 80.5 cm³/mol. The molecule has 0 aliphatic carbocycles. The zero-order valence-electron chi connectivity index (χ0n) is 12.3. The highest BCUT2D eigenvalue weighted by Crippen LogP contribution is 2.02. The third kappa shape index (κ3) is 15.1. The summed E-state index contributed by atoms with van der Waals surface area (Å²) >= 11 is 0. The molecule has 0 aromatic heterocycles. The quantitative estimate of drug-likeness (QED) is 0.528. The number of amides is 2. The van der Waals surface area contributed by atoms with Crippen molar-refractivity contribution in [2.45, 2.75) is 40.0 Å². The number of nitrogens with one attached hydrogen (secondary N) is 3. The van der Waals surface area contributed by atoms with Gasteiger partial charge in [-0.2, -0.15) is 0 Å². The summed E-state index contributed by atoms with van der Waals surface area (Å²) in [6, 6.07) is 0. The van der Waals surface area contributed by atoms with Crippen molar-refractivity contribution in [2.75, 3.05) is 26.2 Å². The zero-order valence-corrected chi connectivity index (χ0v) is 13.1. The molecule has 2 amide bonds. The maximum absolute atomic E-state index is 11.4. The first-order chi connectivity index (χ1) is 8.56. The van der Waals surface area contributed by atoms with Crippen molar-refractivity contribution >= 4 is 24.2 Å². The Morgan fingerprint density at radius 2 is 1.68 bits per heavy atom. The van der Waals surface area contributed by atoms with Crippen molar-refractivity contribution in [2.24, 2.45) is 5.92 Å². The van der Waals surface area contributed by atoms with Crippen molar-refractivity contribution in [1.29, 1.82) is 0 Å². The first-order valence-electron chi connectivity index (χ1n) is 6.80. The van der Waals surface area contributed by atoms with Gasteiger partial charge in [-0.1, -0.05) is 20.8 Å². The molecule has 19 heavy (non-hydrogen) atoms. The molecular formula is C13H28ClN3O2. The summed E-state index contributed by atoms with van der Waals surface area (Å²) in [7, 11) is 0. The Labute approximate surface area is 122 Å². The molecule has 0 unspecified atom stereocenters. The van der Waals surface area contributed by atoms with Crippen molar-refractivity contribution in [3.8, 4) is 0 Å². The minimum atomic E-state index is -0.133. The van der Waals surface area contributed by atoms with Crippen LogP contribution in [0.2, 0.25) is 0 Å². The van der Waals surface area contributed by atoms with Crippen LogP contribution in [0.5, 0.6) is 0 Å². The molecule has 0 aromatic carbocycles. The van der Waals surface area contributed by atoms with Crippen molar-refractivity contribution < 1.29 is 9.59 Å². The molecule has 114 valence electrons. The fourth-order valence-corrected chi connectivity index (χ4v) is 1.34. The summed E-state index contributed by atoms with van der Waals surface area (Å²) in [5, 5.41) is 8.55. The molecule has 0 saturated heterocycles. The normalized spacial score (nSPS) is 9.89. The van der Waals surface area contributed by atoms with Crippen LogP contribution in [0.3, 0.4) is 0 Å². The molecule has 0 spiro atoms. The SMILES string of the molecule is CCCNCCNC(=O)CNC(=O)CCC(C)C.Cl. The molecule has 3 N–H and O–H groups in total. The highest BCUT2D eigenvalue weighted by Gasteiger charge is 2.05. The Hall–Kier alpha value is -0.810. The van der Waals surface area contributed by atoms with Crippen LogP contribution in [-0.2, 0) is 9.59 Å². The zero-order chi connectivity index (χ0) is 13.8. The molecule has 5 nitrogen and oxygen atoms in total. The van der Waals surface area contributed by atoms with E-state index < -0.39 is 0 Å². The Kier molecular flexibility index (Phi) is 14.7. The van der Waals surface area contributed by atoms with Gasteiger partial charge in [0.05, 0.1) is 6.54 Å². The van der Waals surface area contributed by atoms with Crippen LogP contribution in [0.15, 0.2) is 0 Å². The summed E-state index contributed by atoms with van der Waals surface area (Å²) < 4.78 is 0. The van der Waals surface area contributed by atoms with Gasteiger partial charge < -0.3 is 16.0 Å². The van der Waals surface area contributed by atoms with Crippen LogP contribution >= 0.6 is 12.4 Å². The minimum Gasteiger partial charge on any atom is -0.353 e. The molecule has 0 heterocycles. The lowest BCUT2D eigenvalue weighted by Crippen LogP contribution is -2.39. The average Bonchev–Trinajstić information content (AvgIpc) is 2.33. The summed E-state index contributed by atoms with van der Waals surface area (Å²) in [6.45, 7) is 8.64. The smallest absolute Gasteiger partial charge is 0.239 e. The molecule has 0 fully saturated rings. The summed E-state index contributed by atoms with van der Waals surface area (Å²) in [6.07, 6.45) is 2.43. The number of halogens is 1. The first-order valence-corrected chi connectivity index (χ1v) is 6.80. The molecule has 0 bridgehead atoms. The third-order valence-electron chi connectivity index (χ3n) is 2.45. The predicted octanol–water partition coefficient (Wildman–Crippen LogP) is 1.08. The lowest BCUT2D eigenvalue weighted by Gasteiger charge is -2.08. The largest absolute Gasteiger partial charge is 0.353 e. The minimum absolute atomic E-state index is 0. The van der Waals surface area contributed by atoms with Crippen LogP contribution in [0.25, 0.3) is 0 Å². The number of carbonyl (C=O) groups excluding carboxylic acids is 2. The van der Waals surface area contributed by atoms with E-state index in [9.17, 15) is 9.59 Å². The van der Waals surface area contributed by atoms with E-state index in [2.05, 4.69) is 36.7 Å². The van der Waals surface area contributed by atoms with Gasteiger partial charge in [0.25, 0.3) is 0 Å². The lowest BCUT2D eigenvalue weighted by atomic mass is 10.1. The van der Waals surface area contributed by atoms with Gasteiger partial charge in [0, 0.05) is 19.5 Å². The van der Waals surface area contributed by atoms with Crippen molar-refractivity contribution in [1.82, 2.24) is 16.0 Å². The van der Waals surface area contributed by atoms with E-state index in [-0.39, 0.29) is 30.8 Å². The van der Waals surface area contributed by atoms with Gasteiger partial charge in [0.2, 0.25) is 11.8 Å². The summed E-state index contributed by atoms with van der Waals surface area (Å²) in [4.78, 5) is 22.7. The Bertz CT molecular complexity index is 248. The van der Waals surface area contributed by atoms with E-state index in [1.165, 1.54) is 0 Å². The highest BCUT2D eigenvalue weighted by molar-refractivity contribution is 5.85. The van der Waals surface area contributed by atoms with Crippen LogP contribution in [0, 0.1) is 5.92 Å². The van der Waals surface area contributed by atoms with E-state index in [1.54, 1.807) is 0 Å². The molecule has 6 heteroatoms. The Balaban J connectivity index is 0. The summed E-state index contributed by atoms with van der Waals surface area (Å²) in [5.74, 6) is 0.323. The van der Waals surface area contributed by atoms with Crippen molar-refractivity contribution in [3.63, 3.8) is 0 Å². The van der Waals surface area contributed by atoms with Crippen LogP contribution in [0.1, 0.15) is 40.0 Å². The molecule has 0 radical (unpaired) electrons. The molecular weight excluding hydrogens is 266 g/mol. The molecule has 0 aliphatic rings. The maximum Gasteiger partial charge on any atom is 0.239 e. The topological polar surface area (TPSA) is 70.2 Å². The molecule has 0 rings (SSSR count). The van der Waals surface area contributed by atoms with Crippen LogP contribution in [-0.4, -0.2) is 38.0 Å². The van der Waals surface area contributed by atoms with Crippen LogP contribution < -0.4 is 16.0 Å². The number of hydrogen-bond acceptors (Lipinski definition) is 3. The second-order valence-corrected chi connectivity index (χ2v) is 4.81. The second kappa shape index (κ2) is 13.6. The molecule has 0 aromatic rings. The van der Waals surface area contributed by atoms with Gasteiger partial charge in [-0.05, 0) is 25.3 Å². The van der Waals surface area contributed by atoms with Gasteiger partial charge in [0.15, 0.2) is 0 Å². The monoisotopic (exact) mass is 293 g/mol. The fourth-order valence-electron chi connectivity index (χ4n) is 1.34. The molecule has 0 saturated carbocycles. The first kappa shape index (κ1) is 20.5. The third-order valence-corrected chi connectivity index (χ3v) is 2.45. The lowest BCUT2D eigenvalue weighted by molar-refractivity contribution is -0.126. The number of rotatable bonds is 10. The van der Waals surface area contributed by atoms with Crippen molar-refractivity contribution in [3.05, 3.63) is 0 Å². The van der Waals surface area contributed by atoms with Gasteiger partial charge in [-0.15, -0.1) is 12.4 Å². The maximum atomic E-state index is 11.4. The van der Waals surface area contributed by atoms with E-state index in [1.807, 2.05) is 0 Å². The average molecular weight is 294 g/mol. The molecule has 0 atom stereocenters. The van der Waals surface area contributed by atoms with E-state index in [0.717, 1.165) is 25.9 Å². The number of hydrogen-bond donors (Lipinski definition) is 3. The Morgan fingerprint density at radius 3 is 2.26 bits per heavy atom. The van der Waals surface area contributed by atoms with Gasteiger partial charge in [0.1, 0.15) is 0 Å². The van der Waals surface area contributed by atoms with E-state index in [0.29, 0.717) is 18.9 Å². The van der Waals surface area contributed by atoms with E-state index >= 15 is 0 Å². The highest BCUT2D eigenvalue weighted by atomic mass is 35.5. The van der Waals surface area contributed by atoms with Crippen LogP contribution in [0.4, 0.5) is 0 Å². The fraction of sp³-hybridized carbons (Fsp3) is 0.846. The standard InChI is InChI=1S/C13H27N3O2.ClH/c1-4-7-14-8-9-15-13(18)10-16-12(17)6-5-11(2)3;/h11,14H,4-10H2,1-3H3,(H,15,18)(H,16,17);1H. The number of carbonyl (C=O) groups is 2. The van der Waals surface area contributed by atoms with Gasteiger partial charge >= 0.3 is 0 Å². The van der Waals surface area contributed by atoms with Gasteiger partial charge in [-0.3, -0.25) is 9.59 Å². The summed E-state index contributed by atoms with van der Waals surface area (Å²) in [5.41, 5.74) is 0. The van der Waals surface area contributed by atoms with Gasteiger partial charge in [-0.25, -0.2) is 0 Å². The van der Waals surface area contributed by atoms with E-state index in [4.69, 9.17) is 0 Å².